The number of hydrogen-bond donors (Lipinski definition) is 2. The molecule has 1 amide bonds. The molecule has 0 aliphatic carbocycles. The van der Waals surface area contributed by atoms with Crippen LogP contribution in [0.3, 0.4) is 0 Å². The number of carbonyl (C=O) groups excluding carboxylic acids is 1. The Balaban J connectivity index is 0.00000144. The van der Waals surface area contributed by atoms with E-state index >= 15 is 0 Å². The van der Waals surface area contributed by atoms with Crippen molar-refractivity contribution < 1.29 is 4.79 Å². The SMILES string of the molecule is CNC(=O)c1ccc(C2CCNCC2)cc1.Cl. The monoisotopic (exact) mass is 254 g/mol. The summed E-state index contributed by atoms with van der Waals surface area (Å²) in [4.78, 5) is 11.4. The molecule has 0 atom stereocenters. The third-order valence-electron chi connectivity index (χ3n) is 3.21. The molecule has 1 fully saturated rings. The standard InChI is InChI=1S/C13H18N2O.ClH/c1-14-13(16)12-4-2-10(3-5-12)11-6-8-15-9-7-11;/h2-5,11,15H,6-9H2,1H3,(H,14,16);1H. The minimum Gasteiger partial charge on any atom is -0.355 e. The lowest BCUT2D eigenvalue weighted by molar-refractivity contribution is 0.0963. The van der Waals surface area contributed by atoms with Gasteiger partial charge in [0.15, 0.2) is 0 Å². The van der Waals surface area contributed by atoms with Crippen molar-refractivity contribution in [1.82, 2.24) is 10.6 Å². The summed E-state index contributed by atoms with van der Waals surface area (Å²) in [5, 5.41) is 5.99. The van der Waals surface area contributed by atoms with E-state index in [0.717, 1.165) is 18.7 Å². The van der Waals surface area contributed by atoms with Gasteiger partial charge in [0.2, 0.25) is 0 Å². The van der Waals surface area contributed by atoms with Crippen LogP contribution in [0.25, 0.3) is 0 Å². The van der Waals surface area contributed by atoms with Gasteiger partial charge in [0.1, 0.15) is 0 Å². The number of benzene rings is 1. The number of halogens is 1. The molecule has 0 saturated carbocycles. The molecule has 2 rings (SSSR count). The molecule has 1 saturated heterocycles. The Bertz CT molecular complexity index is 358. The van der Waals surface area contributed by atoms with Gasteiger partial charge >= 0.3 is 0 Å². The Labute approximate surface area is 108 Å². The fraction of sp³-hybridized carbons (Fsp3) is 0.462. The van der Waals surface area contributed by atoms with Gasteiger partial charge in [-0.25, -0.2) is 0 Å². The molecule has 0 spiro atoms. The number of nitrogens with one attached hydrogen (secondary N) is 2. The molecule has 2 N–H and O–H groups in total. The van der Waals surface area contributed by atoms with Crippen molar-refractivity contribution in [3.05, 3.63) is 35.4 Å². The number of amides is 1. The Morgan fingerprint density at radius 2 is 1.82 bits per heavy atom. The third kappa shape index (κ3) is 3.45. The maximum Gasteiger partial charge on any atom is 0.251 e. The molecule has 0 unspecified atom stereocenters. The van der Waals surface area contributed by atoms with E-state index in [-0.39, 0.29) is 18.3 Å². The van der Waals surface area contributed by atoms with Crippen molar-refractivity contribution in [3.8, 4) is 0 Å². The molecule has 0 bridgehead atoms. The quantitative estimate of drug-likeness (QED) is 0.847. The van der Waals surface area contributed by atoms with Crippen molar-refractivity contribution >= 4 is 18.3 Å². The Hall–Kier alpha value is -1.06. The van der Waals surface area contributed by atoms with E-state index in [1.54, 1.807) is 7.05 Å². The van der Waals surface area contributed by atoms with Crippen molar-refractivity contribution in [3.63, 3.8) is 0 Å². The zero-order valence-corrected chi connectivity index (χ0v) is 10.8. The van der Waals surface area contributed by atoms with Crippen LogP contribution < -0.4 is 10.6 Å². The predicted octanol–water partition coefficient (Wildman–Crippen LogP) is 1.94. The first kappa shape index (κ1) is 14.0. The summed E-state index contributed by atoms with van der Waals surface area (Å²) in [5.74, 6) is 0.636. The maximum absolute atomic E-state index is 11.4. The van der Waals surface area contributed by atoms with Gasteiger partial charge in [0.05, 0.1) is 0 Å². The second-order valence-electron chi connectivity index (χ2n) is 4.23. The van der Waals surface area contributed by atoms with Crippen LogP contribution in [-0.2, 0) is 0 Å². The Morgan fingerprint density at radius 3 is 2.35 bits per heavy atom. The Kier molecular flexibility index (Phi) is 5.45. The van der Waals surface area contributed by atoms with Gasteiger partial charge in [-0.3, -0.25) is 4.79 Å². The second kappa shape index (κ2) is 6.62. The molecule has 17 heavy (non-hydrogen) atoms. The van der Waals surface area contributed by atoms with Crippen LogP contribution in [0.4, 0.5) is 0 Å². The lowest BCUT2D eigenvalue weighted by Gasteiger charge is -2.23. The van der Waals surface area contributed by atoms with E-state index < -0.39 is 0 Å². The summed E-state index contributed by atoms with van der Waals surface area (Å²) in [6, 6.07) is 7.99. The van der Waals surface area contributed by atoms with Gasteiger partial charge in [-0.15, -0.1) is 12.4 Å². The molecule has 4 heteroatoms. The lowest BCUT2D eigenvalue weighted by Crippen LogP contribution is -2.26. The molecule has 1 aromatic rings. The zero-order valence-electron chi connectivity index (χ0n) is 10.0. The predicted molar refractivity (Wildman–Crippen MR) is 71.9 cm³/mol. The normalized spacial score (nSPS) is 16.1. The van der Waals surface area contributed by atoms with Crippen molar-refractivity contribution in [2.24, 2.45) is 0 Å². The van der Waals surface area contributed by atoms with Gasteiger partial charge in [-0.05, 0) is 49.5 Å². The van der Waals surface area contributed by atoms with Crippen molar-refractivity contribution in [2.75, 3.05) is 20.1 Å². The summed E-state index contributed by atoms with van der Waals surface area (Å²) in [7, 11) is 1.66. The van der Waals surface area contributed by atoms with E-state index in [0.29, 0.717) is 5.92 Å². The Morgan fingerprint density at radius 1 is 1.24 bits per heavy atom. The highest BCUT2D eigenvalue weighted by molar-refractivity contribution is 5.93. The highest BCUT2D eigenvalue weighted by Gasteiger charge is 2.15. The fourth-order valence-electron chi connectivity index (χ4n) is 2.21. The molecule has 1 aliphatic rings. The average molecular weight is 255 g/mol. The first-order valence-corrected chi connectivity index (χ1v) is 5.84. The molecular weight excluding hydrogens is 236 g/mol. The topological polar surface area (TPSA) is 41.1 Å². The van der Waals surface area contributed by atoms with Crippen LogP contribution in [0.1, 0.15) is 34.7 Å². The fourth-order valence-corrected chi connectivity index (χ4v) is 2.21. The van der Waals surface area contributed by atoms with Gasteiger partial charge in [0, 0.05) is 12.6 Å². The van der Waals surface area contributed by atoms with Crippen LogP contribution in [0.15, 0.2) is 24.3 Å². The highest BCUT2D eigenvalue weighted by atomic mass is 35.5. The summed E-state index contributed by atoms with van der Waals surface area (Å²) in [6.45, 7) is 2.20. The highest BCUT2D eigenvalue weighted by Crippen LogP contribution is 2.25. The van der Waals surface area contributed by atoms with Gasteiger partial charge in [0.25, 0.3) is 5.91 Å². The molecule has 1 aliphatic heterocycles. The van der Waals surface area contributed by atoms with Crippen LogP contribution in [0.5, 0.6) is 0 Å². The van der Waals surface area contributed by atoms with E-state index in [9.17, 15) is 4.79 Å². The molecular formula is C13H19ClN2O. The molecule has 3 nitrogen and oxygen atoms in total. The smallest absolute Gasteiger partial charge is 0.251 e. The second-order valence-corrected chi connectivity index (χ2v) is 4.23. The molecule has 1 aromatic carbocycles. The first-order chi connectivity index (χ1) is 7.81. The molecule has 0 aromatic heterocycles. The van der Waals surface area contributed by atoms with Crippen LogP contribution in [0.2, 0.25) is 0 Å². The molecule has 94 valence electrons. The largest absolute Gasteiger partial charge is 0.355 e. The summed E-state index contributed by atoms with van der Waals surface area (Å²) >= 11 is 0. The average Bonchev–Trinajstić information content (AvgIpc) is 2.39. The minimum atomic E-state index is -0.0168. The lowest BCUT2D eigenvalue weighted by atomic mass is 9.90. The molecule has 1 heterocycles. The van der Waals surface area contributed by atoms with Crippen LogP contribution in [-0.4, -0.2) is 26.0 Å². The number of hydrogen-bond acceptors (Lipinski definition) is 2. The summed E-state index contributed by atoms with van der Waals surface area (Å²) < 4.78 is 0. The van der Waals surface area contributed by atoms with E-state index in [1.165, 1.54) is 18.4 Å². The van der Waals surface area contributed by atoms with Crippen molar-refractivity contribution in [2.45, 2.75) is 18.8 Å². The van der Waals surface area contributed by atoms with Gasteiger partial charge < -0.3 is 10.6 Å². The zero-order chi connectivity index (χ0) is 11.4. The van der Waals surface area contributed by atoms with Crippen LogP contribution >= 0.6 is 12.4 Å². The van der Waals surface area contributed by atoms with E-state index in [2.05, 4.69) is 22.8 Å². The van der Waals surface area contributed by atoms with E-state index in [4.69, 9.17) is 0 Å². The number of piperidine rings is 1. The maximum atomic E-state index is 11.4. The van der Waals surface area contributed by atoms with Gasteiger partial charge in [-0.1, -0.05) is 12.1 Å². The van der Waals surface area contributed by atoms with Gasteiger partial charge in [-0.2, -0.15) is 0 Å². The number of rotatable bonds is 2. The van der Waals surface area contributed by atoms with E-state index in [1.807, 2.05) is 12.1 Å². The summed E-state index contributed by atoms with van der Waals surface area (Å²) in [5.41, 5.74) is 2.09. The summed E-state index contributed by atoms with van der Waals surface area (Å²) in [6.07, 6.45) is 2.39. The first-order valence-electron chi connectivity index (χ1n) is 5.84. The minimum absolute atomic E-state index is 0. The number of carbonyl (C=O) groups is 1. The van der Waals surface area contributed by atoms with Crippen molar-refractivity contribution in [1.29, 1.82) is 0 Å². The third-order valence-corrected chi connectivity index (χ3v) is 3.21. The molecule has 0 radical (unpaired) electrons. The van der Waals surface area contributed by atoms with Crippen LogP contribution in [0, 0.1) is 0 Å².